The summed E-state index contributed by atoms with van der Waals surface area (Å²) in [5.74, 6) is 0.0805. The van der Waals surface area contributed by atoms with Gasteiger partial charge in [0.25, 0.3) is 0 Å². The highest BCUT2D eigenvalue weighted by Gasteiger charge is 2.13. The molecule has 0 saturated carbocycles. The van der Waals surface area contributed by atoms with E-state index in [1.165, 1.54) is 13.2 Å². The number of hydrogen-bond donors (Lipinski definition) is 1. The zero-order valence-electron chi connectivity index (χ0n) is 10.5. The fourth-order valence-corrected chi connectivity index (χ4v) is 1.70. The van der Waals surface area contributed by atoms with Crippen LogP contribution >= 0.6 is 0 Å². The number of phenols is 1. The number of rotatable bonds is 4. The lowest BCUT2D eigenvalue weighted by molar-refractivity contribution is 0.0957. The standard InChI is InChI=1S/C16H14O3/c1-19-15(11-13-9-5-6-10-14(13)17)16(18)12-7-3-2-4-8-12/h2-11,17H,1H3/b15-11-. The predicted octanol–water partition coefficient (Wildman–Crippen LogP) is 3.26. The number of benzene rings is 2. The normalized spacial score (nSPS) is 11.1. The molecule has 0 bridgehead atoms. The molecular formula is C16H14O3. The van der Waals surface area contributed by atoms with Gasteiger partial charge >= 0.3 is 0 Å². The van der Waals surface area contributed by atoms with E-state index in [1.807, 2.05) is 6.07 Å². The van der Waals surface area contributed by atoms with Crippen LogP contribution in [0.2, 0.25) is 0 Å². The van der Waals surface area contributed by atoms with Crippen LogP contribution in [-0.2, 0) is 4.74 Å². The van der Waals surface area contributed by atoms with E-state index in [0.29, 0.717) is 11.1 Å². The molecule has 1 N–H and O–H groups in total. The Morgan fingerprint density at radius 1 is 1.05 bits per heavy atom. The summed E-state index contributed by atoms with van der Waals surface area (Å²) in [5, 5.41) is 9.70. The summed E-state index contributed by atoms with van der Waals surface area (Å²) in [6.45, 7) is 0. The molecule has 0 saturated heterocycles. The maximum absolute atomic E-state index is 12.2. The summed E-state index contributed by atoms with van der Waals surface area (Å²) in [4.78, 5) is 12.2. The van der Waals surface area contributed by atoms with Crippen LogP contribution in [0, 0.1) is 0 Å². The summed E-state index contributed by atoms with van der Waals surface area (Å²) < 4.78 is 5.13. The fraction of sp³-hybridized carbons (Fsp3) is 0.0625. The first-order valence-corrected chi connectivity index (χ1v) is 5.86. The summed E-state index contributed by atoms with van der Waals surface area (Å²) in [6.07, 6.45) is 1.53. The minimum absolute atomic E-state index is 0.109. The minimum atomic E-state index is -0.216. The van der Waals surface area contributed by atoms with E-state index >= 15 is 0 Å². The Hall–Kier alpha value is -2.55. The largest absolute Gasteiger partial charge is 0.507 e. The van der Waals surface area contributed by atoms with E-state index < -0.39 is 0 Å². The third-order valence-electron chi connectivity index (χ3n) is 2.70. The second kappa shape index (κ2) is 5.87. The Morgan fingerprint density at radius 3 is 2.32 bits per heavy atom. The van der Waals surface area contributed by atoms with Gasteiger partial charge in [0.05, 0.1) is 7.11 Å². The molecule has 0 heterocycles. The molecule has 0 radical (unpaired) electrons. The van der Waals surface area contributed by atoms with Crippen LogP contribution in [-0.4, -0.2) is 18.0 Å². The van der Waals surface area contributed by atoms with Crippen LogP contribution in [0.1, 0.15) is 15.9 Å². The van der Waals surface area contributed by atoms with E-state index in [-0.39, 0.29) is 17.3 Å². The molecule has 2 rings (SSSR count). The Morgan fingerprint density at radius 2 is 1.68 bits per heavy atom. The van der Waals surface area contributed by atoms with Crippen molar-refractivity contribution in [2.75, 3.05) is 7.11 Å². The minimum Gasteiger partial charge on any atom is -0.507 e. The van der Waals surface area contributed by atoms with Crippen LogP contribution in [0.4, 0.5) is 0 Å². The highest BCUT2D eigenvalue weighted by atomic mass is 16.5. The molecule has 2 aromatic rings. The van der Waals surface area contributed by atoms with Crippen molar-refractivity contribution in [1.29, 1.82) is 0 Å². The molecule has 0 aliphatic rings. The highest BCUT2D eigenvalue weighted by molar-refractivity contribution is 6.09. The van der Waals surface area contributed by atoms with Crippen molar-refractivity contribution >= 4 is 11.9 Å². The highest BCUT2D eigenvalue weighted by Crippen LogP contribution is 2.20. The summed E-state index contributed by atoms with van der Waals surface area (Å²) in [6, 6.07) is 15.7. The van der Waals surface area contributed by atoms with Crippen LogP contribution in [0.5, 0.6) is 5.75 Å². The van der Waals surface area contributed by atoms with Gasteiger partial charge in [-0.15, -0.1) is 0 Å². The molecular weight excluding hydrogens is 240 g/mol. The number of methoxy groups -OCH3 is 1. The van der Waals surface area contributed by atoms with E-state index in [4.69, 9.17) is 4.74 Å². The molecule has 0 aliphatic heterocycles. The smallest absolute Gasteiger partial charge is 0.227 e. The van der Waals surface area contributed by atoms with Gasteiger partial charge in [0.2, 0.25) is 5.78 Å². The molecule has 3 nitrogen and oxygen atoms in total. The summed E-state index contributed by atoms with van der Waals surface area (Å²) in [5.41, 5.74) is 1.09. The molecule has 96 valence electrons. The van der Waals surface area contributed by atoms with Crippen LogP contribution in [0.3, 0.4) is 0 Å². The second-order valence-electron chi connectivity index (χ2n) is 3.97. The second-order valence-corrected chi connectivity index (χ2v) is 3.97. The molecule has 0 unspecified atom stereocenters. The first-order chi connectivity index (χ1) is 9.22. The van der Waals surface area contributed by atoms with Gasteiger partial charge in [0.1, 0.15) is 5.75 Å². The van der Waals surface area contributed by atoms with Crippen molar-refractivity contribution in [3.63, 3.8) is 0 Å². The first kappa shape index (κ1) is 12.9. The first-order valence-electron chi connectivity index (χ1n) is 5.86. The number of Topliss-reactive ketones (excluding diaryl/α,β-unsaturated/α-hetero) is 1. The van der Waals surface area contributed by atoms with Crippen molar-refractivity contribution < 1.29 is 14.6 Å². The van der Waals surface area contributed by atoms with Gasteiger partial charge in [-0.05, 0) is 12.1 Å². The van der Waals surface area contributed by atoms with E-state index in [0.717, 1.165) is 0 Å². The topological polar surface area (TPSA) is 46.5 Å². The Balaban J connectivity index is 2.36. The van der Waals surface area contributed by atoms with Crippen molar-refractivity contribution in [2.45, 2.75) is 0 Å². The Kier molecular flexibility index (Phi) is 3.98. The summed E-state index contributed by atoms with van der Waals surface area (Å²) >= 11 is 0. The lowest BCUT2D eigenvalue weighted by Crippen LogP contribution is -2.04. The molecule has 19 heavy (non-hydrogen) atoms. The maximum atomic E-state index is 12.2. The Labute approximate surface area is 111 Å². The number of ether oxygens (including phenoxy) is 1. The number of phenolic OH excluding ortho intramolecular Hbond substituents is 1. The van der Waals surface area contributed by atoms with Crippen LogP contribution in [0.25, 0.3) is 6.08 Å². The number of carbonyl (C=O) groups excluding carboxylic acids is 1. The number of aromatic hydroxyl groups is 1. The van der Waals surface area contributed by atoms with Crippen molar-refractivity contribution in [1.82, 2.24) is 0 Å². The van der Waals surface area contributed by atoms with E-state index in [1.54, 1.807) is 48.5 Å². The molecule has 0 aliphatic carbocycles. The van der Waals surface area contributed by atoms with Crippen molar-refractivity contribution in [2.24, 2.45) is 0 Å². The van der Waals surface area contributed by atoms with Gasteiger partial charge in [0.15, 0.2) is 5.76 Å². The van der Waals surface area contributed by atoms with Gasteiger partial charge in [-0.25, -0.2) is 0 Å². The average Bonchev–Trinajstić information content (AvgIpc) is 2.47. The van der Waals surface area contributed by atoms with Gasteiger partial charge in [0, 0.05) is 11.1 Å². The van der Waals surface area contributed by atoms with Crippen LogP contribution < -0.4 is 0 Å². The van der Waals surface area contributed by atoms with E-state index in [2.05, 4.69) is 0 Å². The molecule has 0 spiro atoms. The van der Waals surface area contributed by atoms with Gasteiger partial charge < -0.3 is 9.84 Å². The number of para-hydroxylation sites is 1. The SMILES string of the molecule is CO/C(=C\c1ccccc1O)C(=O)c1ccccc1. The Bertz CT molecular complexity index is 600. The number of hydrogen-bond acceptors (Lipinski definition) is 3. The van der Waals surface area contributed by atoms with Crippen LogP contribution in [0.15, 0.2) is 60.4 Å². The monoisotopic (exact) mass is 254 g/mol. The van der Waals surface area contributed by atoms with Gasteiger partial charge in [-0.1, -0.05) is 48.5 Å². The maximum Gasteiger partial charge on any atom is 0.227 e. The number of carbonyl (C=O) groups is 1. The zero-order valence-corrected chi connectivity index (χ0v) is 10.5. The molecule has 0 fully saturated rings. The van der Waals surface area contributed by atoms with E-state index in [9.17, 15) is 9.90 Å². The third kappa shape index (κ3) is 3.01. The molecule has 0 aromatic heterocycles. The third-order valence-corrected chi connectivity index (χ3v) is 2.70. The lowest BCUT2D eigenvalue weighted by Gasteiger charge is -2.06. The van der Waals surface area contributed by atoms with Gasteiger partial charge in [-0.3, -0.25) is 4.79 Å². The quantitative estimate of drug-likeness (QED) is 0.517. The zero-order chi connectivity index (χ0) is 13.7. The molecule has 0 atom stereocenters. The predicted molar refractivity (Wildman–Crippen MR) is 73.9 cm³/mol. The van der Waals surface area contributed by atoms with Gasteiger partial charge in [-0.2, -0.15) is 0 Å². The number of allylic oxidation sites excluding steroid dienone is 1. The number of ketones is 1. The average molecular weight is 254 g/mol. The van der Waals surface area contributed by atoms with Crippen molar-refractivity contribution in [3.05, 3.63) is 71.5 Å². The molecule has 3 heteroatoms. The van der Waals surface area contributed by atoms with Crippen molar-refractivity contribution in [3.8, 4) is 5.75 Å². The fourth-order valence-electron chi connectivity index (χ4n) is 1.70. The lowest BCUT2D eigenvalue weighted by atomic mass is 10.1. The molecule has 2 aromatic carbocycles. The molecule has 0 amide bonds. The summed E-state index contributed by atoms with van der Waals surface area (Å²) in [7, 11) is 1.44.